The number of ether oxygens (including phenoxy) is 1. The van der Waals surface area contributed by atoms with Crippen molar-refractivity contribution in [3.8, 4) is 0 Å². The van der Waals surface area contributed by atoms with Crippen LogP contribution in [-0.2, 0) is 4.74 Å². The number of anilines is 1. The lowest BCUT2D eigenvalue weighted by Crippen LogP contribution is -2.64. The highest BCUT2D eigenvalue weighted by atomic mass is 16.5. The molecule has 1 aromatic heterocycles. The first-order chi connectivity index (χ1) is 9.54. The van der Waals surface area contributed by atoms with Gasteiger partial charge in [-0.3, -0.25) is 4.98 Å². The lowest BCUT2D eigenvalue weighted by molar-refractivity contribution is -0.239. The molecule has 2 aliphatic rings. The van der Waals surface area contributed by atoms with Crippen LogP contribution in [0.15, 0.2) is 18.6 Å². The van der Waals surface area contributed by atoms with Crippen LogP contribution in [-0.4, -0.2) is 57.2 Å². The molecule has 1 spiro atoms. The molecule has 2 fully saturated rings. The van der Waals surface area contributed by atoms with Gasteiger partial charge in [0.15, 0.2) is 0 Å². The summed E-state index contributed by atoms with van der Waals surface area (Å²) in [6.07, 6.45) is 6.07. The van der Waals surface area contributed by atoms with E-state index in [2.05, 4.69) is 14.9 Å². The van der Waals surface area contributed by atoms with Gasteiger partial charge in [0.05, 0.1) is 18.4 Å². The molecule has 0 amide bonds. The molecule has 3 rings (SSSR count). The maximum Gasteiger partial charge on any atom is 0.147 e. The summed E-state index contributed by atoms with van der Waals surface area (Å²) in [5, 5.41) is 20.7. The van der Waals surface area contributed by atoms with E-state index < -0.39 is 17.3 Å². The zero-order chi connectivity index (χ0) is 14.2. The molecule has 0 saturated carbocycles. The zero-order valence-corrected chi connectivity index (χ0v) is 11.7. The molecule has 2 aliphatic heterocycles. The maximum absolute atomic E-state index is 10.4. The fourth-order valence-electron chi connectivity index (χ4n) is 3.23. The Morgan fingerprint density at radius 3 is 2.70 bits per heavy atom. The van der Waals surface area contributed by atoms with Crippen molar-refractivity contribution in [2.45, 2.75) is 43.5 Å². The summed E-state index contributed by atoms with van der Waals surface area (Å²) < 4.78 is 5.87. The van der Waals surface area contributed by atoms with Crippen LogP contribution < -0.4 is 4.90 Å². The number of aromatic nitrogens is 2. The molecule has 0 aliphatic carbocycles. The van der Waals surface area contributed by atoms with Gasteiger partial charge in [-0.25, -0.2) is 4.98 Å². The SMILES string of the molecule is C[C@@]1(O)CCOC2(CCN(c3cnccn3)CC2)[C@H]1O. The van der Waals surface area contributed by atoms with E-state index in [1.807, 2.05) is 0 Å². The number of hydrogen-bond acceptors (Lipinski definition) is 6. The van der Waals surface area contributed by atoms with Gasteiger partial charge in [0.1, 0.15) is 17.5 Å². The monoisotopic (exact) mass is 279 g/mol. The lowest BCUT2D eigenvalue weighted by Gasteiger charge is -2.51. The summed E-state index contributed by atoms with van der Waals surface area (Å²) in [6, 6.07) is 0. The number of hydrogen-bond donors (Lipinski definition) is 2. The first-order valence-corrected chi connectivity index (χ1v) is 7.09. The molecule has 2 atom stereocenters. The van der Waals surface area contributed by atoms with Crippen molar-refractivity contribution in [3.05, 3.63) is 18.6 Å². The number of rotatable bonds is 1. The molecule has 2 N–H and O–H groups in total. The van der Waals surface area contributed by atoms with Gasteiger partial charge in [-0.15, -0.1) is 0 Å². The molecule has 110 valence electrons. The van der Waals surface area contributed by atoms with Crippen molar-refractivity contribution in [2.75, 3.05) is 24.6 Å². The average Bonchev–Trinajstić information content (AvgIpc) is 2.47. The Balaban J connectivity index is 1.72. The van der Waals surface area contributed by atoms with Crippen LogP contribution in [0.25, 0.3) is 0 Å². The molecular weight excluding hydrogens is 258 g/mol. The van der Waals surface area contributed by atoms with E-state index in [9.17, 15) is 10.2 Å². The number of nitrogens with zero attached hydrogens (tertiary/aromatic N) is 3. The van der Waals surface area contributed by atoms with E-state index in [4.69, 9.17) is 4.74 Å². The predicted molar refractivity (Wildman–Crippen MR) is 73.4 cm³/mol. The van der Waals surface area contributed by atoms with Crippen LogP contribution in [0.4, 0.5) is 5.82 Å². The molecular formula is C14H21N3O3. The van der Waals surface area contributed by atoms with Gasteiger partial charge in [0.25, 0.3) is 0 Å². The van der Waals surface area contributed by atoms with E-state index in [-0.39, 0.29) is 0 Å². The highest BCUT2D eigenvalue weighted by Gasteiger charge is 2.52. The van der Waals surface area contributed by atoms with Crippen molar-refractivity contribution < 1.29 is 14.9 Å². The van der Waals surface area contributed by atoms with Gasteiger partial charge >= 0.3 is 0 Å². The average molecular weight is 279 g/mol. The Kier molecular flexibility index (Phi) is 3.40. The van der Waals surface area contributed by atoms with Crippen LogP contribution in [0.1, 0.15) is 26.2 Å². The largest absolute Gasteiger partial charge is 0.387 e. The minimum atomic E-state index is -1.06. The highest BCUT2D eigenvalue weighted by Crippen LogP contribution is 2.40. The topological polar surface area (TPSA) is 78.7 Å². The standard InChI is InChI=1S/C14H21N3O3/c1-13(19)4-9-20-14(12(13)18)2-7-17(8-3-14)11-10-15-5-6-16-11/h5-6,10,12,18-19H,2-4,7-9H2,1H3/t12-,13+/m0/s1. The number of piperidine rings is 1. The first kappa shape index (κ1) is 13.7. The van der Waals surface area contributed by atoms with Crippen molar-refractivity contribution >= 4 is 5.82 Å². The second-order valence-corrected chi connectivity index (χ2v) is 5.97. The van der Waals surface area contributed by atoms with Gasteiger partial charge in [0, 0.05) is 31.9 Å². The van der Waals surface area contributed by atoms with Crippen molar-refractivity contribution in [2.24, 2.45) is 0 Å². The van der Waals surface area contributed by atoms with Crippen LogP contribution in [0.5, 0.6) is 0 Å². The van der Waals surface area contributed by atoms with Crippen LogP contribution >= 0.6 is 0 Å². The van der Waals surface area contributed by atoms with Gasteiger partial charge in [-0.1, -0.05) is 0 Å². The van der Waals surface area contributed by atoms with E-state index in [0.29, 0.717) is 25.9 Å². The molecule has 6 heteroatoms. The van der Waals surface area contributed by atoms with Crippen molar-refractivity contribution in [1.82, 2.24) is 9.97 Å². The molecule has 0 bridgehead atoms. The third-order valence-electron chi connectivity index (χ3n) is 4.57. The second-order valence-electron chi connectivity index (χ2n) is 5.97. The Morgan fingerprint density at radius 2 is 2.05 bits per heavy atom. The van der Waals surface area contributed by atoms with Gasteiger partial charge in [0.2, 0.25) is 0 Å². The Hall–Kier alpha value is -1.24. The third-order valence-corrected chi connectivity index (χ3v) is 4.57. The first-order valence-electron chi connectivity index (χ1n) is 7.09. The molecule has 0 radical (unpaired) electrons. The van der Waals surface area contributed by atoms with E-state index in [0.717, 1.165) is 18.9 Å². The molecule has 3 heterocycles. The molecule has 6 nitrogen and oxygen atoms in total. The zero-order valence-electron chi connectivity index (χ0n) is 11.7. The molecule has 1 aromatic rings. The number of aliphatic hydroxyl groups is 2. The summed E-state index contributed by atoms with van der Waals surface area (Å²) >= 11 is 0. The maximum atomic E-state index is 10.4. The fraction of sp³-hybridized carbons (Fsp3) is 0.714. The van der Waals surface area contributed by atoms with E-state index >= 15 is 0 Å². The molecule has 0 unspecified atom stereocenters. The van der Waals surface area contributed by atoms with Gasteiger partial charge in [-0.2, -0.15) is 0 Å². The Morgan fingerprint density at radius 1 is 1.30 bits per heavy atom. The minimum absolute atomic E-state index is 0.476. The normalized spacial score (nSPS) is 33.4. The molecule has 0 aromatic carbocycles. The second kappa shape index (κ2) is 4.95. The lowest BCUT2D eigenvalue weighted by atomic mass is 9.75. The summed E-state index contributed by atoms with van der Waals surface area (Å²) in [7, 11) is 0. The van der Waals surface area contributed by atoms with Crippen LogP contribution in [0.3, 0.4) is 0 Å². The smallest absolute Gasteiger partial charge is 0.147 e. The van der Waals surface area contributed by atoms with Gasteiger partial charge < -0.3 is 19.8 Å². The predicted octanol–water partition coefficient (Wildman–Crippen LogP) is 0.348. The summed E-state index contributed by atoms with van der Waals surface area (Å²) in [4.78, 5) is 10.5. The fourth-order valence-corrected chi connectivity index (χ4v) is 3.23. The summed E-state index contributed by atoms with van der Waals surface area (Å²) in [6.45, 7) is 3.67. The minimum Gasteiger partial charge on any atom is -0.387 e. The van der Waals surface area contributed by atoms with E-state index in [1.165, 1.54) is 0 Å². The summed E-state index contributed by atoms with van der Waals surface area (Å²) in [5.74, 6) is 0.847. The quantitative estimate of drug-likeness (QED) is 0.772. The van der Waals surface area contributed by atoms with Gasteiger partial charge in [-0.05, 0) is 19.8 Å². The summed E-state index contributed by atoms with van der Waals surface area (Å²) in [5.41, 5.74) is -1.69. The van der Waals surface area contributed by atoms with Crippen molar-refractivity contribution in [3.63, 3.8) is 0 Å². The van der Waals surface area contributed by atoms with Crippen molar-refractivity contribution in [1.29, 1.82) is 0 Å². The van der Waals surface area contributed by atoms with E-state index in [1.54, 1.807) is 25.5 Å². The third kappa shape index (κ3) is 2.28. The Labute approximate surface area is 118 Å². The van der Waals surface area contributed by atoms with Crippen LogP contribution in [0.2, 0.25) is 0 Å². The molecule has 20 heavy (non-hydrogen) atoms. The number of aliphatic hydroxyl groups excluding tert-OH is 1. The van der Waals surface area contributed by atoms with Crippen LogP contribution in [0, 0.1) is 0 Å². The highest BCUT2D eigenvalue weighted by molar-refractivity contribution is 5.36. The Bertz CT molecular complexity index is 458. The molecule has 2 saturated heterocycles.